The van der Waals surface area contributed by atoms with Crippen LogP contribution >= 0.6 is 11.3 Å². The first kappa shape index (κ1) is 19.3. The zero-order chi connectivity index (χ0) is 18.4. The van der Waals surface area contributed by atoms with Crippen LogP contribution < -0.4 is 5.32 Å². The molecule has 1 fully saturated rings. The standard InChI is InChI=1S/C18H25N3O3S2/c1-2-24-13-5-10-19-18-20-17(14-25-18)15-6-8-16(9-7-15)26(22,23)21-11-3-4-12-21/h6-9,14H,2-5,10-13H2,1H3,(H,19,20). The third-order valence-electron chi connectivity index (χ3n) is 4.30. The number of thiazole rings is 1. The lowest BCUT2D eigenvalue weighted by Crippen LogP contribution is -2.27. The normalized spacial score (nSPS) is 15.4. The summed E-state index contributed by atoms with van der Waals surface area (Å²) in [6, 6.07) is 7.02. The first-order valence-electron chi connectivity index (χ1n) is 8.99. The SMILES string of the molecule is CCOCCCNc1nc(-c2ccc(S(=O)(=O)N3CCCC3)cc2)cs1. The fourth-order valence-electron chi connectivity index (χ4n) is 2.88. The molecule has 26 heavy (non-hydrogen) atoms. The summed E-state index contributed by atoms with van der Waals surface area (Å²) in [4.78, 5) is 4.93. The fourth-order valence-corrected chi connectivity index (χ4v) is 5.14. The maximum atomic E-state index is 12.6. The van der Waals surface area contributed by atoms with Gasteiger partial charge in [-0.1, -0.05) is 12.1 Å². The molecule has 3 rings (SSSR count). The Bertz CT molecular complexity index is 797. The Balaban J connectivity index is 1.62. The number of rotatable bonds is 9. The van der Waals surface area contributed by atoms with Crippen LogP contribution in [0.25, 0.3) is 11.3 Å². The third kappa shape index (κ3) is 4.62. The minimum absolute atomic E-state index is 0.354. The molecule has 0 radical (unpaired) electrons. The van der Waals surface area contributed by atoms with Gasteiger partial charge >= 0.3 is 0 Å². The molecule has 1 aromatic heterocycles. The van der Waals surface area contributed by atoms with Crippen molar-refractivity contribution >= 4 is 26.5 Å². The van der Waals surface area contributed by atoms with Crippen LogP contribution in [0.5, 0.6) is 0 Å². The van der Waals surface area contributed by atoms with E-state index in [0.717, 1.165) is 55.4 Å². The van der Waals surface area contributed by atoms with Crippen LogP contribution in [-0.4, -0.2) is 50.6 Å². The summed E-state index contributed by atoms with van der Waals surface area (Å²) in [7, 11) is -3.36. The first-order valence-corrected chi connectivity index (χ1v) is 11.3. The summed E-state index contributed by atoms with van der Waals surface area (Å²) in [5, 5.41) is 6.14. The van der Waals surface area contributed by atoms with Gasteiger partial charge in [-0.25, -0.2) is 13.4 Å². The minimum Gasteiger partial charge on any atom is -0.382 e. The number of anilines is 1. The maximum Gasteiger partial charge on any atom is 0.243 e. The first-order chi connectivity index (χ1) is 12.6. The molecule has 1 aromatic carbocycles. The number of hydrogen-bond acceptors (Lipinski definition) is 6. The van der Waals surface area contributed by atoms with Gasteiger partial charge in [-0.15, -0.1) is 11.3 Å². The van der Waals surface area contributed by atoms with Gasteiger partial charge in [0.2, 0.25) is 10.0 Å². The largest absolute Gasteiger partial charge is 0.382 e. The number of sulfonamides is 1. The van der Waals surface area contributed by atoms with E-state index in [0.29, 0.717) is 18.0 Å². The highest BCUT2D eigenvalue weighted by atomic mass is 32.2. The second-order valence-corrected chi connectivity index (χ2v) is 8.95. The number of ether oxygens (including phenoxy) is 1. The van der Waals surface area contributed by atoms with Crippen molar-refractivity contribution in [1.29, 1.82) is 0 Å². The van der Waals surface area contributed by atoms with E-state index >= 15 is 0 Å². The molecule has 0 unspecified atom stereocenters. The highest BCUT2D eigenvalue weighted by Crippen LogP contribution is 2.27. The molecule has 2 heterocycles. The molecule has 1 N–H and O–H groups in total. The molecule has 142 valence electrons. The van der Waals surface area contributed by atoms with Crippen LogP contribution in [0, 0.1) is 0 Å². The lowest BCUT2D eigenvalue weighted by molar-refractivity contribution is 0.147. The van der Waals surface area contributed by atoms with Crippen molar-refractivity contribution < 1.29 is 13.2 Å². The number of aromatic nitrogens is 1. The molecule has 8 heteroatoms. The zero-order valence-corrected chi connectivity index (χ0v) is 16.6. The van der Waals surface area contributed by atoms with Crippen molar-refractivity contribution in [2.45, 2.75) is 31.1 Å². The maximum absolute atomic E-state index is 12.6. The molecule has 0 saturated carbocycles. The average molecular weight is 396 g/mol. The summed E-state index contributed by atoms with van der Waals surface area (Å²) < 4.78 is 32.0. The topological polar surface area (TPSA) is 71.5 Å². The van der Waals surface area contributed by atoms with Crippen LogP contribution in [0.2, 0.25) is 0 Å². The zero-order valence-electron chi connectivity index (χ0n) is 15.0. The van der Waals surface area contributed by atoms with E-state index in [2.05, 4.69) is 10.3 Å². The van der Waals surface area contributed by atoms with Crippen LogP contribution in [-0.2, 0) is 14.8 Å². The van der Waals surface area contributed by atoms with Gasteiger partial charge in [0.1, 0.15) is 0 Å². The van der Waals surface area contributed by atoms with Crippen LogP contribution in [0.1, 0.15) is 26.2 Å². The van der Waals surface area contributed by atoms with E-state index in [1.165, 1.54) is 0 Å². The predicted octanol–water partition coefficient (Wildman–Crippen LogP) is 3.43. The van der Waals surface area contributed by atoms with Gasteiger partial charge in [0.15, 0.2) is 5.13 Å². The molecule has 1 saturated heterocycles. The monoisotopic (exact) mass is 395 g/mol. The van der Waals surface area contributed by atoms with Crippen molar-refractivity contribution in [3.63, 3.8) is 0 Å². The molecule has 6 nitrogen and oxygen atoms in total. The Morgan fingerprint density at radius 3 is 2.65 bits per heavy atom. The minimum atomic E-state index is -3.36. The number of nitrogens with zero attached hydrogens (tertiary/aromatic N) is 2. The second-order valence-electron chi connectivity index (χ2n) is 6.15. The van der Waals surface area contributed by atoms with Crippen LogP contribution in [0.4, 0.5) is 5.13 Å². The smallest absolute Gasteiger partial charge is 0.243 e. The van der Waals surface area contributed by atoms with Gasteiger partial charge in [0.25, 0.3) is 0 Å². The van der Waals surface area contributed by atoms with Crippen molar-refractivity contribution in [2.24, 2.45) is 0 Å². The predicted molar refractivity (Wildman–Crippen MR) is 105 cm³/mol. The lowest BCUT2D eigenvalue weighted by Gasteiger charge is -2.15. The van der Waals surface area contributed by atoms with Crippen molar-refractivity contribution in [1.82, 2.24) is 9.29 Å². The Morgan fingerprint density at radius 2 is 1.96 bits per heavy atom. The van der Waals surface area contributed by atoms with Crippen molar-refractivity contribution in [3.05, 3.63) is 29.6 Å². The molecule has 0 amide bonds. The van der Waals surface area contributed by atoms with Crippen molar-refractivity contribution in [2.75, 3.05) is 38.2 Å². The molecule has 0 spiro atoms. The van der Waals surface area contributed by atoms with E-state index < -0.39 is 10.0 Å². The Kier molecular flexibility index (Phi) is 6.63. The second kappa shape index (κ2) is 8.94. The molecular weight excluding hydrogens is 370 g/mol. The quantitative estimate of drug-likeness (QED) is 0.659. The fraction of sp³-hybridized carbons (Fsp3) is 0.500. The summed E-state index contributed by atoms with van der Waals surface area (Å²) in [6.45, 7) is 5.53. The molecule has 0 bridgehead atoms. The van der Waals surface area contributed by atoms with Gasteiger partial charge in [-0.05, 0) is 38.3 Å². The number of benzene rings is 1. The average Bonchev–Trinajstić information content (AvgIpc) is 3.34. The van der Waals surface area contributed by atoms with Crippen molar-refractivity contribution in [3.8, 4) is 11.3 Å². The van der Waals surface area contributed by atoms with Gasteiger partial charge < -0.3 is 10.1 Å². The van der Waals surface area contributed by atoms with E-state index in [9.17, 15) is 8.42 Å². The summed E-state index contributed by atoms with van der Waals surface area (Å²) in [6.07, 6.45) is 2.82. The summed E-state index contributed by atoms with van der Waals surface area (Å²) >= 11 is 1.55. The molecule has 1 aliphatic heterocycles. The van der Waals surface area contributed by atoms with Crippen LogP contribution in [0.15, 0.2) is 34.5 Å². The molecular formula is C18H25N3O3S2. The Hall–Kier alpha value is -1.48. The van der Waals surface area contributed by atoms with Gasteiger partial charge in [0, 0.05) is 43.8 Å². The summed E-state index contributed by atoms with van der Waals surface area (Å²) in [5.74, 6) is 0. The highest BCUT2D eigenvalue weighted by molar-refractivity contribution is 7.89. The molecule has 0 aliphatic carbocycles. The van der Waals surface area contributed by atoms with Gasteiger partial charge in [-0.3, -0.25) is 0 Å². The summed E-state index contributed by atoms with van der Waals surface area (Å²) in [5.41, 5.74) is 1.77. The van der Waals surface area contributed by atoms with E-state index in [1.807, 2.05) is 24.4 Å². The Morgan fingerprint density at radius 1 is 1.23 bits per heavy atom. The molecule has 1 aliphatic rings. The van der Waals surface area contributed by atoms with E-state index in [-0.39, 0.29) is 0 Å². The lowest BCUT2D eigenvalue weighted by atomic mass is 10.2. The van der Waals surface area contributed by atoms with Gasteiger partial charge in [-0.2, -0.15) is 4.31 Å². The van der Waals surface area contributed by atoms with E-state index in [4.69, 9.17) is 4.74 Å². The highest BCUT2D eigenvalue weighted by Gasteiger charge is 2.26. The third-order valence-corrected chi connectivity index (χ3v) is 7.02. The molecule has 2 aromatic rings. The number of nitrogens with one attached hydrogen (secondary N) is 1. The van der Waals surface area contributed by atoms with Gasteiger partial charge in [0.05, 0.1) is 10.6 Å². The van der Waals surface area contributed by atoms with Crippen LogP contribution in [0.3, 0.4) is 0 Å². The Labute approximate surface area is 159 Å². The van der Waals surface area contributed by atoms with E-state index in [1.54, 1.807) is 27.8 Å². The molecule has 0 atom stereocenters. The number of hydrogen-bond donors (Lipinski definition) is 1.